The first-order valence-corrected chi connectivity index (χ1v) is 28.0. The smallest absolute Gasteiger partial charge is 0.416 e. The number of unbranched alkanes of at least 4 members (excludes halogenated alkanes) is 2. The van der Waals surface area contributed by atoms with Gasteiger partial charge in [-0.25, -0.2) is 9.69 Å². The Labute approximate surface area is 459 Å². The van der Waals surface area contributed by atoms with E-state index in [9.17, 15) is 38.7 Å². The number of nitrogens with one attached hydrogen (secondary N) is 1. The van der Waals surface area contributed by atoms with Gasteiger partial charge in [0.15, 0.2) is 23.5 Å². The lowest BCUT2D eigenvalue weighted by Crippen LogP contribution is -2.50. The van der Waals surface area contributed by atoms with Crippen molar-refractivity contribution < 1.29 is 62.4 Å². The van der Waals surface area contributed by atoms with Crippen molar-refractivity contribution in [1.29, 1.82) is 0 Å². The first-order chi connectivity index (χ1) is 37.7. The fraction of sp³-hybridized carbons (Fsp3) is 0.483. The molecule has 20 heteroatoms. The van der Waals surface area contributed by atoms with E-state index in [1.165, 1.54) is 22.2 Å². The number of likely N-dealkylation sites (tertiary alicyclic amines) is 1. The van der Waals surface area contributed by atoms with Gasteiger partial charge in [0.2, 0.25) is 11.8 Å². The third kappa shape index (κ3) is 13.4. The molecule has 3 aromatic carbocycles. The number of anilines is 2. The first kappa shape index (κ1) is 57.2. The predicted octanol–water partition coefficient (Wildman–Crippen LogP) is 7.76. The maximum absolute atomic E-state index is 14.2. The normalized spacial score (nSPS) is 20.6. The van der Waals surface area contributed by atoms with Gasteiger partial charge in [-0.1, -0.05) is 35.4 Å². The molecule has 3 saturated heterocycles. The van der Waals surface area contributed by atoms with E-state index >= 15 is 0 Å². The summed E-state index contributed by atoms with van der Waals surface area (Å²) in [6, 6.07) is 13.0. The Kier molecular flexibility index (Phi) is 19.5. The van der Waals surface area contributed by atoms with Crippen molar-refractivity contribution in [1.82, 2.24) is 14.7 Å². The number of aliphatic hydroxyl groups excluding tert-OH is 1. The van der Waals surface area contributed by atoms with E-state index < -0.39 is 18.4 Å². The molecule has 5 amide bonds. The molecule has 0 radical (unpaired) electrons. The van der Waals surface area contributed by atoms with Crippen LogP contribution in [0.4, 0.5) is 21.9 Å². The molecule has 416 valence electrons. The molecule has 78 heavy (non-hydrogen) atoms. The molecule has 5 heterocycles. The van der Waals surface area contributed by atoms with Gasteiger partial charge in [0.25, 0.3) is 11.8 Å². The van der Waals surface area contributed by atoms with Crippen LogP contribution < -0.4 is 24.4 Å². The number of carbonyl (C=O) groups excluding carboxylic acids is 7. The number of methoxy groups -OCH3 is 1. The number of aliphatic imine (C=N–C) groups is 1. The van der Waals surface area contributed by atoms with Crippen molar-refractivity contribution in [3.8, 4) is 17.2 Å². The van der Waals surface area contributed by atoms with Gasteiger partial charge in [-0.05, 0) is 101 Å². The molecular formula is C58H70N6O13S. The van der Waals surface area contributed by atoms with Crippen molar-refractivity contribution in [2.75, 3.05) is 76.2 Å². The number of aryl methyl sites for hydroxylation is 1. The lowest BCUT2D eigenvalue weighted by atomic mass is 10.1. The van der Waals surface area contributed by atoms with Crippen LogP contribution in [-0.4, -0.2) is 157 Å². The largest absolute Gasteiger partial charge is 0.493 e. The van der Waals surface area contributed by atoms with Gasteiger partial charge in [-0.3, -0.25) is 38.7 Å². The van der Waals surface area contributed by atoms with Gasteiger partial charge < -0.3 is 43.9 Å². The van der Waals surface area contributed by atoms with E-state index in [2.05, 4.69) is 16.4 Å². The molecular weight excluding hydrogens is 1020 g/mol. The number of carbonyl (C=O) groups is 7. The highest BCUT2D eigenvalue weighted by molar-refractivity contribution is 8.00. The van der Waals surface area contributed by atoms with Crippen molar-refractivity contribution in [3.05, 3.63) is 94.1 Å². The van der Waals surface area contributed by atoms with Crippen molar-refractivity contribution >= 4 is 76.3 Å². The molecule has 19 nitrogen and oxygen atoms in total. The third-order valence-electron chi connectivity index (χ3n) is 14.8. The molecule has 5 aliphatic heterocycles. The highest BCUT2D eigenvalue weighted by Gasteiger charge is 2.46. The topological polar surface area (TPSA) is 223 Å². The molecule has 5 aliphatic rings. The number of Topliss-reactive ketones (excluding diaryl/α,β-unsaturated/α-hetero) is 2. The van der Waals surface area contributed by atoms with Gasteiger partial charge in [0.1, 0.15) is 18.1 Å². The van der Waals surface area contributed by atoms with Crippen LogP contribution in [0.3, 0.4) is 0 Å². The summed E-state index contributed by atoms with van der Waals surface area (Å²) in [6.45, 7) is 7.86. The fourth-order valence-corrected chi connectivity index (χ4v) is 10.8. The number of aliphatic hydroxyl groups is 1. The van der Waals surface area contributed by atoms with Crippen LogP contribution in [-0.2, 0) is 35.3 Å². The quantitative estimate of drug-likeness (QED) is 0.0470. The van der Waals surface area contributed by atoms with E-state index in [4.69, 9.17) is 23.7 Å². The zero-order chi connectivity index (χ0) is 55.5. The average molecular weight is 1090 g/mol. The lowest BCUT2D eigenvalue weighted by Gasteiger charge is -2.31. The van der Waals surface area contributed by atoms with E-state index in [0.29, 0.717) is 104 Å². The van der Waals surface area contributed by atoms with E-state index in [1.807, 2.05) is 38.0 Å². The van der Waals surface area contributed by atoms with Gasteiger partial charge in [0.05, 0.1) is 73.3 Å². The Morgan fingerprint density at radius 1 is 0.782 bits per heavy atom. The molecule has 0 aromatic heterocycles. The standard InChI is InChI=1S/C58H70N6O13S/c1-6-37-25-41-31-60-46-28-51(50(73-4)27-44(46)54(68)62(41)33-37)76-22-10-8-9-21-75-49-29-47-45(24-36(49)3)55(69)63-34-38(7-2)26-48(63)56(70)64(47)58(72)77-35-39-13-15-40(16-14-39)59-32-43(66)18-23-74-20-11-12-42(65)17-19-61-53(67)30-52(78-5)57(61)71/h6-7,13-16,24,27-29,31,41,48,52,56,59,70H,8-12,17-23,25-26,30,32-35H2,1-5H3/b37-6+,38-7+/t41-,48-,52?,56-/m0/s1. The number of hydrogen-bond donors (Lipinski definition) is 2. The zero-order valence-corrected chi connectivity index (χ0v) is 45.9. The second-order valence-corrected chi connectivity index (χ2v) is 21.0. The van der Waals surface area contributed by atoms with Crippen LogP contribution in [0.25, 0.3) is 0 Å². The number of imide groups is 1. The van der Waals surface area contributed by atoms with Crippen LogP contribution in [0.1, 0.15) is 110 Å². The van der Waals surface area contributed by atoms with Crippen molar-refractivity contribution in [2.45, 2.75) is 115 Å². The average Bonchev–Trinajstić information content (AvgIpc) is 4.30. The molecule has 8 rings (SSSR count). The molecule has 2 N–H and O–H groups in total. The SMILES string of the molecule is C/C=C1\C[C@H]2C=Nc3cc(OCCCCCOc4cc5c(cc4C)C(=O)N4C/C(=C/C)C[C@H]4[C@H](O)N5C(=O)OCc4ccc(NCC(=O)CCOCCCC(=O)CCN5C(=O)CC(SC)C5=O)cc4)c(OC)cc3C(=O)N2C1. The molecule has 0 spiro atoms. The summed E-state index contributed by atoms with van der Waals surface area (Å²) in [5.41, 5.74) is 5.65. The number of nitrogens with zero attached hydrogens (tertiary/aromatic N) is 5. The van der Waals surface area contributed by atoms with Crippen LogP contribution in [0.5, 0.6) is 17.2 Å². The van der Waals surface area contributed by atoms with Gasteiger partial charge in [-0.15, -0.1) is 0 Å². The summed E-state index contributed by atoms with van der Waals surface area (Å²) in [5.74, 6) is 0.425. The van der Waals surface area contributed by atoms with E-state index in [0.717, 1.165) is 23.3 Å². The molecule has 3 aromatic rings. The predicted molar refractivity (Wildman–Crippen MR) is 295 cm³/mol. The second kappa shape index (κ2) is 26.5. The number of thioether (sulfide) groups is 1. The Bertz CT molecular complexity index is 2850. The van der Waals surface area contributed by atoms with Crippen LogP contribution in [0, 0.1) is 6.92 Å². The number of ketones is 2. The highest BCUT2D eigenvalue weighted by atomic mass is 32.2. The minimum atomic E-state index is -1.42. The molecule has 0 bridgehead atoms. The summed E-state index contributed by atoms with van der Waals surface area (Å²) in [6.07, 6.45) is 9.81. The third-order valence-corrected chi connectivity index (χ3v) is 15.7. The minimum Gasteiger partial charge on any atom is -0.493 e. The summed E-state index contributed by atoms with van der Waals surface area (Å²) in [7, 11) is 1.55. The van der Waals surface area contributed by atoms with Gasteiger partial charge in [0, 0.05) is 76.0 Å². The molecule has 4 atom stereocenters. The Morgan fingerprint density at radius 3 is 2.22 bits per heavy atom. The van der Waals surface area contributed by atoms with E-state index in [-0.39, 0.29) is 110 Å². The number of hydrogen-bond acceptors (Lipinski definition) is 16. The maximum atomic E-state index is 14.2. The van der Waals surface area contributed by atoms with Crippen LogP contribution in [0.15, 0.2) is 76.8 Å². The summed E-state index contributed by atoms with van der Waals surface area (Å²) in [4.78, 5) is 102. The Morgan fingerprint density at radius 2 is 1.50 bits per heavy atom. The fourth-order valence-electron chi connectivity index (χ4n) is 10.2. The van der Waals surface area contributed by atoms with Crippen LogP contribution in [0.2, 0.25) is 0 Å². The highest BCUT2D eigenvalue weighted by Crippen LogP contribution is 2.41. The van der Waals surface area contributed by atoms with E-state index in [1.54, 1.807) is 66.8 Å². The maximum Gasteiger partial charge on any atom is 0.416 e. The van der Waals surface area contributed by atoms with Gasteiger partial charge in [-0.2, -0.15) is 11.8 Å². The summed E-state index contributed by atoms with van der Waals surface area (Å²) < 4.78 is 29.5. The Balaban J connectivity index is 0.791. The number of benzene rings is 3. The monoisotopic (exact) mass is 1090 g/mol. The number of rotatable bonds is 25. The first-order valence-electron chi connectivity index (χ1n) is 26.7. The molecule has 1 unspecified atom stereocenters. The zero-order valence-electron chi connectivity index (χ0n) is 45.1. The van der Waals surface area contributed by atoms with Gasteiger partial charge >= 0.3 is 6.09 Å². The number of fused-ring (bicyclic) bond motifs is 4. The summed E-state index contributed by atoms with van der Waals surface area (Å²) >= 11 is 1.34. The molecule has 0 saturated carbocycles. The van der Waals surface area contributed by atoms with Crippen molar-refractivity contribution in [3.63, 3.8) is 0 Å². The van der Waals surface area contributed by atoms with Crippen molar-refractivity contribution in [2.24, 2.45) is 4.99 Å². The van der Waals surface area contributed by atoms with Crippen LogP contribution >= 0.6 is 11.8 Å². The second-order valence-electron chi connectivity index (χ2n) is 20.0. The molecule has 0 aliphatic carbocycles. The number of amides is 5. The number of allylic oxidation sites excluding steroid dienone is 2. The molecule has 3 fully saturated rings. The lowest BCUT2D eigenvalue weighted by molar-refractivity contribution is -0.138. The number of ether oxygens (including phenoxy) is 5. The Hall–Kier alpha value is -7.03. The minimum absolute atomic E-state index is 0.0553. The summed E-state index contributed by atoms with van der Waals surface area (Å²) in [5, 5.41) is 14.7.